The lowest BCUT2D eigenvalue weighted by atomic mass is 10.4. The Hall–Kier alpha value is -0.160. The molecule has 0 bridgehead atoms. The Morgan fingerprint density at radius 3 is 2.31 bits per heavy atom. The Labute approximate surface area is 98.9 Å². The van der Waals surface area contributed by atoms with Gasteiger partial charge in [0.05, 0.1) is 38.6 Å². The van der Waals surface area contributed by atoms with Gasteiger partial charge in [-0.3, -0.25) is 0 Å². The standard InChI is InChI=1S/C12H26O4/c1-4-5-6-14-7-8-15-10-12(3)16-11(2)9-13/h11-13H,4-10H2,1-3H3/t11-,12-/m1/s1. The average molecular weight is 234 g/mol. The second kappa shape index (κ2) is 11.3. The van der Waals surface area contributed by atoms with E-state index in [-0.39, 0.29) is 18.8 Å². The van der Waals surface area contributed by atoms with Crippen LogP contribution in [0.1, 0.15) is 33.6 Å². The van der Waals surface area contributed by atoms with E-state index in [1.165, 1.54) is 0 Å². The molecule has 0 aromatic carbocycles. The molecule has 0 amide bonds. The molecule has 0 aliphatic rings. The van der Waals surface area contributed by atoms with E-state index in [9.17, 15) is 0 Å². The van der Waals surface area contributed by atoms with E-state index in [0.29, 0.717) is 19.8 Å². The van der Waals surface area contributed by atoms with Gasteiger partial charge in [-0.05, 0) is 20.3 Å². The van der Waals surface area contributed by atoms with Crippen LogP contribution >= 0.6 is 0 Å². The molecule has 0 aromatic rings. The van der Waals surface area contributed by atoms with E-state index in [1.54, 1.807) is 0 Å². The summed E-state index contributed by atoms with van der Waals surface area (Å²) in [5, 5.41) is 8.79. The second-order valence-corrected chi connectivity index (χ2v) is 3.98. The third-order valence-corrected chi connectivity index (χ3v) is 2.09. The fourth-order valence-corrected chi connectivity index (χ4v) is 1.19. The zero-order valence-corrected chi connectivity index (χ0v) is 10.8. The van der Waals surface area contributed by atoms with Crippen molar-refractivity contribution in [3.8, 4) is 0 Å². The van der Waals surface area contributed by atoms with Crippen LogP contribution in [0, 0.1) is 0 Å². The number of hydrogen-bond donors (Lipinski definition) is 1. The van der Waals surface area contributed by atoms with Gasteiger partial charge in [0.25, 0.3) is 0 Å². The van der Waals surface area contributed by atoms with Gasteiger partial charge in [0.15, 0.2) is 0 Å². The minimum Gasteiger partial charge on any atom is -0.394 e. The summed E-state index contributed by atoms with van der Waals surface area (Å²) < 4.78 is 16.2. The number of hydrogen-bond acceptors (Lipinski definition) is 4. The van der Waals surface area contributed by atoms with Gasteiger partial charge in [0.1, 0.15) is 0 Å². The molecule has 0 aromatic heterocycles. The van der Waals surface area contributed by atoms with E-state index in [2.05, 4.69) is 6.92 Å². The van der Waals surface area contributed by atoms with Crippen LogP contribution < -0.4 is 0 Å². The molecule has 0 heterocycles. The van der Waals surface area contributed by atoms with E-state index >= 15 is 0 Å². The van der Waals surface area contributed by atoms with E-state index in [4.69, 9.17) is 19.3 Å². The molecule has 0 rings (SSSR count). The predicted molar refractivity (Wildman–Crippen MR) is 63.6 cm³/mol. The number of rotatable bonds is 11. The molecule has 1 N–H and O–H groups in total. The lowest BCUT2D eigenvalue weighted by Gasteiger charge is -2.17. The summed E-state index contributed by atoms with van der Waals surface area (Å²) in [6.07, 6.45) is 2.15. The Morgan fingerprint density at radius 1 is 1.00 bits per heavy atom. The molecule has 0 aliphatic carbocycles. The minimum absolute atomic E-state index is 0.0118. The Balaban J connectivity index is 3.18. The van der Waals surface area contributed by atoms with Crippen LogP contribution in [0.25, 0.3) is 0 Å². The average Bonchev–Trinajstić information content (AvgIpc) is 2.27. The third kappa shape index (κ3) is 10.4. The van der Waals surface area contributed by atoms with Crippen LogP contribution in [0.2, 0.25) is 0 Å². The molecule has 0 saturated heterocycles. The second-order valence-electron chi connectivity index (χ2n) is 3.98. The van der Waals surface area contributed by atoms with Crippen molar-refractivity contribution in [2.75, 3.05) is 33.0 Å². The van der Waals surface area contributed by atoms with E-state index in [1.807, 2.05) is 13.8 Å². The van der Waals surface area contributed by atoms with Gasteiger partial charge < -0.3 is 19.3 Å². The van der Waals surface area contributed by atoms with E-state index < -0.39 is 0 Å². The molecule has 0 radical (unpaired) electrons. The summed E-state index contributed by atoms with van der Waals surface area (Å²) in [6, 6.07) is 0. The predicted octanol–water partition coefficient (Wildman–Crippen LogP) is 1.61. The molecule has 0 saturated carbocycles. The summed E-state index contributed by atoms with van der Waals surface area (Å²) in [7, 11) is 0. The maximum Gasteiger partial charge on any atom is 0.0785 e. The van der Waals surface area contributed by atoms with E-state index in [0.717, 1.165) is 19.4 Å². The highest BCUT2D eigenvalue weighted by Crippen LogP contribution is 1.98. The van der Waals surface area contributed by atoms with Crippen molar-refractivity contribution >= 4 is 0 Å². The summed E-state index contributed by atoms with van der Waals surface area (Å²) in [4.78, 5) is 0. The molecular weight excluding hydrogens is 208 g/mol. The first-order valence-electron chi connectivity index (χ1n) is 6.12. The zero-order chi connectivity index (χ0) is 12.2. The zero-order valence-electron chi connectivity index (χ0n) is 10.8. The van der Waals surface area contributed by atoms with Gasteiger partial charge in [0, 0.05) is 6.61 Å². The van der Waals surface area contributed by atoms with Crippen LogP contribution in [-0.2, 0) is 14.2 Å². The molecule has 0 unspecified atom stereocenters. The third-order valence-electron chi connectivity index (χ3n) is 2.09. The minimum atomic E-state index is -0.126. The van der Waals surface area contributed by atoms with Gasteiger partial charge in [-0.15, -0.1) is 0 Å². The molecule has 4 heteroatoms. The van der Waals surface area contributed by atoms with Crippen molar-refractivity contribution in [3.63, 3.8) is 0 Å². The highest BCUT2D eigenvalue weighted by Gasteiger charge is 2.07. The maximum atomic E-state index is 8.79. The first kappa shape index (κ1) is 15.8. The van der Waals surface area contributed by atoms with Crippen LogP contribution in [0.5, 0.6) is 0 Å². The molecule has 16 heavy (non-hydrogen) atoms. The smallest absolute Gasteiger partial charge is 0.0785 e. The van der Waals surface area contributed by atoms with Crippen LogP contribution in [0.3, 0.4) is 0 Å². The Kier molecular flexibility index (Phi) is 11.2. The van der Waals surface area contributed by atoms with Crippen molar-refractivity contribution in [2.45, 2.75) is 45.8 Å². The normalized spacial score (nSPS) is 15.0. The number of ether oxygens (including phenoxy) is 3. The Bertz CT molecular complexity index is 141. The van der Waals surface area contributed by atoms with Gasteiger partial charge in [-0.2, -0.15) is 0 Å². The van der Waals surface area contributed by atoms with Crippen molar-refractivity contribution in [3.05, 3.63) is 0 Å². The summed E-state index contributed by atoms with van der Waals surface area (Å²) in [5.74, 6) is 0. The molecule has 0 aliphatic heterocycles. The number of unbranched alkanes of at least 4 members (excludes halogenated alkanes) is 1. The molecular formula is C12H26O4. The lowest BCUT2D eigenvalue weighted by molar-refractivity contribution is -0.0648. The fourth-order valence-electron chi connectivity index (χ4n) is 1.19. The van der Waals surface area contributed by atoms with Crippen LogP contribution in [0.4, 0.5) is 0 Å². The lowest BCUT2D eigenvalue weighted by Crippen LogP contribution is -2.24. The SMILES string of the molecule is CCCCOCCOC[C@@H](C)O[C@H](C)CO. The summed E-state index contributed by atoms with van der Waals surface area (Å²) in [6.45, 7) is 8.56. The first-order valence-corrected chi connectivity index (χ1v) is 6.12. The van der Waals surface area contributed by atoms with Crippen molar-refractivity contribution in [1.29, 1.82) is 0 Å². The monoisotopic (exact) mass is 234 g/mol. The van der Waals surface area contributed by atoms with Crippen molar-refractivity contribution in [1.82, 2.24) is 0 Å². The van der Waals surface area contributed by atoms with Gasteiger partial charge in [0.2, 0.25) is 0 Å². The first-order chi connectivity index (χ1) is 7.70. The fraction of sp³-hybridized carbons (Fsp3) is 1.00. The van der Waals surface area contributed by atoms with Crippen LogP contribution in [-0.4, -0.2) is 50.3 Å². The largest absolute Gasteiger partial charge is 0.394 e. The molecule has 0 fully saturated rings. The molecule has 0 spiro atoms. The van der Waals surface area contributed by atoms with Crippen LogP contribution in [0.15, 0.2) is 0 Å². The molecule has 4 nitrogen and oxygen atoms in total. The Morgan fingerprint density at radius 2 is 1.69 bits per heavy atom. The van der Waals surface area contributed by atoms with Gasteiger partial charge >= 0.3 is 0 Å². The van der Waals surface area contributed by atoms with Gasteiger partial charge in [-0.25, -0.2) is 0 Å². The molecule has 2 atom stereocenters. The summed E-state index contributed by atoms with van der Waals surface area (Å²) >= 11 is 0. The highest BCUT2D eigenvalue weighted by atomic mass is 16.6. The highest BCUT2D eigenvalue weighted by molar-refractivity contribution is 4.52. The summed E-state index contributed by atoms with van der Waals surface area (Å²) in [5.41, 5.74) is 0. The number of aliphatic hydroxyl groups excluding tert-OH is 1. The number of aliphatic hydroxyl groups is 1. The maximum absolute atomic E-state index is 8.79. The van der Waals surface area contributed by atoms with Gasteiger partial charge in [-0.1, -0.05) is 13.3 Å². The quantitative estimate of drug-likeness (QED) is 0.552. The van der Waals surface area contributed by atoms with Crippen molar-refractivity contribution in [2.24, 2.45) is 0 Å². The molecule has 98 valence electrons. The van der Waals surface area contributed by atoms with Crippen molar-refractivity contribution < 1.29 is 19.3 Å². The topological polar surface area (TPSA) is 47.9 Å².